The summed E-state index contributed by atoms with van der Waals surface area (Å²) in [5.74, 6) is 0.339. The summed E-state index contributed by atoms with van der Waals surface area (Å²) in [5, 5.41) is 0.353. The van der Waals surface area contributed by atoms with Crippen molar-refractivity contribution in [3.8, 4) is 0 Å². The van der Waals surface area contributed by atoms with Gasteiger partial charge >= 0.3 is 0 Å². The molecule has 3 heterocycles. The van der Waals surface area contributed by atoms with Crippen molar-refractivity contribution in [3.05, 3.63) is 39.4 Å². The molecule has 0 unspecified atom stereocenters. The molecule has 134 valence electrons. The molecule has 1 fully saturated rings. The van der Waals surface area contributed by atoms with E-state index < -0.39 is 0 Å². The highest BCUT2D eigenvalue weighted by Crippen LogP contribution is 2.22. The number of aryl methyl sites for hydroxylation is 1. The zero-order valence-electron chi connectivity index (χ0n) is 14.4. The van der Waals surface area contributed by atoms with Crippen LogP contribution in [0.1, 0.15) is 34.6 Å². The van der Waals surface area contributed by atoms with E-state index in [1.807, 2.05) is 19.9 Å². The topological polar surface area (TPSA) is 103 Å². The second-order valence-electron chi connectivity index (χ2n) is 6.22. The lowest BCUT2D eigenvalue weighted by Crippen LogP contribution is -2.17. The van der Waals surface area contributed by atoms with Gasteiger partial charge in [0.25, 0.3) is 5.56 Å². The molecule has 3 N–H and O–H groups in total. The van der Waals surface area contributed by atoms with Crippen LogP contribution in [0.3, 0.4) is 0 Å². The Morgan fingerprint density at radius 1 is 1.48 bits per heavy atom. The summed E-state index contributed by atoms with van der Waals surface area (Å²) in [6, 6.07) is 3.13. The van der Waals surface area contributed by atoms with Gasteiger partial charge in [0.15, 0.2) is 10.9 Å². The number of nitrogens with two attached hydrogens (primary N) is 1. The fourth-order valence-corrected chi connectivity index (χ4v) is 3.86. The normalized spacial score (nSPS) is 17.1. The van der Waals surface area contributed by atoms with Crippen molar-refractivity contribution in [2.45, 2.75) is 44.5 Å². The van der Waals surface area contributed by atoms with Crippen LogP contribution in [0.4, 0.5) is 5.82 Å². The van der Waals surface area contributed by atoms with Crippen molar-refractivity contribution in [2.75, 3.05) is 18.1 Å². The van der Waals surface area contributed by atoms with Gasteiger partial charge in [-0.05, 0) is 32.8 Å². The van der Waals surface area contributed by atoms with E-state index in [-0.39, 0.29) is 29.0 Å². The van der Waals surface area contributed by atoms with E-state index in [0.717, 1.165) is 37.4 Å². The number of aromatic nitrogens is 3. The molecular formula is C17H22N4O3S. The fourth-order valence-electron chi connectivity index (χ4n) is 3.09. The minimum Gasteiger partial charge on any atom is -0.383 e. The molecule has 2 aromatic rings. The van der Waals surface area contributed by atoms with Crippen molar-refractivity contribution in [2.24, 2.45) is 0 Å². The molecule has 0 radical (unpaired) electrons. The largest absolute Gasteiger partial charge is 0.383 e. The van der Waals surface area contributed by atoms with E-state index >= 15 is 0 Å². The number of thioether (sulfide) groups is 1. The Morgan fingerprint density at radius 3 is 2.96 bits per heavy atom. The van der Waals surface area contributed by atoms with Crippen LogP contribution in [0.15, 0.2) is 22.1 Å². The number of hydrogen-bond donors (Lipinski definition) is 2. The number of anilines is 1. The summed E-state index contributed by atoms with van der Waals surface area (Å²) < 4.78 is 7.85. The molecule has 3 rings (SSSR count). The molecule has 0 saturated carbocycles. The minimum atomic E-state index is -0.322. The summed E-state index contributed by atoms with van der Waals surface area (Å²) in [7, 11) is 0. The van der Waals surface area contributed by atoms with Crippen molar-refractivity contribution in [1.29, 1.82) is 0 Å². The number of Topliss-reactive ketones (excluding diaryl/α,β-unsaturated/α-hetero) is 1. The number of ketones is 1. The van der Waals surface area contributed by atoms with E-state index in [4.69, 9.17) is 10.5 Å². The van der Waals surface area contributed by atoms with Gasteiger partial charge in [0.1, 0.15) is 5.82 Å². The highest BCUT2D eigenvalue weighted by atomic mass is 32.2. The summed E-state index contributed by atoms with van der Waals surface area (Å²) >= 11 is 1.18. The Balaban J connectivity index is 1.70. The van der Waals surface area contributed by atoms with Gasteiger partial charge in [-0.2, -0.15) is 0 Å². The molecule has 1 atom stereocenters. The molecule has 7 nitrogen and oxygen atoms in total. The van der Waals surface area contributed by atoms with Gasteiger partial charge in [-0.3, -0.25) is 9.59 Å². The molecule has 1 saturated heterocycles. The molecule has 0 aliphatic carbocycles. The van der Waals surface area contributed by atoms with Crippen LogP contribution in [-0.4, -0.2) is 38.8 Å². The van der Waals surface area contributed by atoms with Crippen molar-refractivity contribution in [3.63, 3.8) is 0 Å². The van der Waals surface area contributed by atoms with Gasteiger partial charge in [-0.1, -0.05) is 11.8 Å². The monoisotopic (exact) mass is 362 g/mol. The number of hydrogen-bond acceptors (Lipinski definition) is 6. The Morgan fingerprint density at radius 2 is 2.28 bits per heavy atom. The first-order chi connectivity index (χ1) is 11.9. The van der Waals surface area contributed by atoms with E-state index in [0.29, 0.717) is 10.7 Å². The van der Waals surface area contributed by atoms with Crippen molar-refractivity contribution in [1.82, 2.24) is 14.5 Å². The van der Waals surface area contributed by atoms with Gasteiger partial charge in [-0.15, -0.1) is 0 Å². The Labute approximate surface area is 150 Å². The fraction of sp³-hybridized carbons (Fsp3) is 0.471. The lowest BCUT2D eigenvalue weighted by atomic mass is 10.2. The Bertz CT molecular complexity index is 837. The second kappa shape index (κ2) is 7.45. The summed E-state index contributed by atoms with van der Waals surface area (Å²) in [5.41, 5.74) is 7.94. The number of nitrogen functional groups attached to an aromatic ring is 1. The first-order valence-electron chi connectivity index (χ1n) is 8.25. The van der Waals surface area contributed by atoms with Crippen molar-refractivity contribution >= 4 is 23.4 Å². The Hall–Kier alpha value is -2.06. The molecule has 0 bridgehead atoms. The molecule has 0 spiro atoms. The van der Waals surface area contributed by atoms with E-state index in [1.54, 1.807) is 0 Å². The predicted octanol–water partition coefficient (Wildman–Crippen LogP) is 1.92. The molecule has 1 aliphatic heterocycles. The quantitative estimate of drug-likeness (QED) is 0.462. The smallest absolute Gasteiger partial charge is 0.253 e. The maximum absolute atomic E-state index is 12.6. The van der Waals surface area contributed by atoms with E-state index in [9.17, 15) is 9.59 Å². The summed E-state index contributed by atoms with van der Waals surface area (Å²) in [6.45, 7) is 5.56. The average molecular weight is 362 g/mol. The number of carbonyl (C=O) groups excluding carboxylic acids is 1. The zero-order valence-corrected chi connectivity index (χ0v) is 15.2. The van der Waals surface area contributed by atoms with Gasteiger partial charge in [0.2, 0.25) is 0 Å². The number of aromatic amines is 1. The molecule has 0 aromatic carbocycles. The predicted molar refractivity (Wildman–Crippen MR) is 97.2 cm³/mol. The van der Waals surface area contributed by atoms with Crippen LogP contribution < -0.4 is 11.3 Å². The minimum absolute atomic E-state index is 0.00163. The molecule has 25 heavy (non-hydrogen) atoms. The number of ether oxygens (including phenoxy) is 1. The lowest BCUT2D eigenvalue weighted by Gasteiger charge is -2.14. The third-order valence-corrected chi connectivity index (χ3v) is 5.24. The molecule has 8 heteroatoms. The molecule has 1 aliphatic rings. The van der Waals surface area contributed by atoms with E-state index in [1.165, 1.54) is 17.8 Å². The standard InChI is InChI=1S/C17H22N4O3S/c1-10-6-13(11(2)21(10)8-12-4-3-5-24-12)14(22)9-25-17-19-15(18)7-16(23)20-17/h6-7,12H,3-5,8-9H2,1-2H3,(H3,18,19,20,23)/t12-/m0/s1. The zero-order chi connectivity index (χ0) is 18.0. The summed E-state index contributed by atoms with van der Waals surface area (Å²) in [4.78, 5) is 30.6. The van der Waals surface area contributed by atoms with Gasteiger partial charge < -0.3 is 20.0 Å². The third kappa shape index (κ3) is 4.13. The second-order valence-corrected chi connectivity index (χ2v) is 7.18. The highest BCUT2D eigenvalue weighted by Gasteiger charge is 2.21. The van der Waals surface area contributed by atoms with Crippen molar-refractivity contribution < 1.29 is 9.53 Å². The maximum Gasteiger partial charge on any atom is 0.253 e. The van der Waals surface area contributed by atoms with Crippen LogP contribution in [0.2, 0.25) is 0 Å². The molecule has 0 amide bonds. The SMILES string of the molecule is Cc1cc(C(=O)CSc2nc(N)cc(=O)[nH]2)c(C)n1C[C@@H]1CCCO1. The number of carbonyl (C=O) groups is 1. The van der Waals surface area contributed by atoms with Gasteiger partial charge in [-0.25, -0.2) is 4.98 Å². The number of H-pyrrole nitrogens is 1. The molecular weight excluding hydrogens is 340 g/mol. The Kier molecular flexibility index (Phi) is 5.29. The molecule has 2 aromatic heterocycles. The van der Waals surface area contributed by atoms with Crippen LogP contribution in [0, 0.1) is 13.8 Å². The number of nitrogens with zero attached hydrogens (tertiary/aromatic N) is 2. The van der Waals surface area contributed by atoms with Crippen LogP contribution in [0.5, 0.6) is 0 Å². The first kappa shape index (κ1) is 17.8. The van der Waals surface area contributed by atoms with Crippen LogP contribution in [0.25, 0.3) is 0 Å². The lowest BCUT2D eigenvalue weighted by molar-refractivity contribution is 0.0957. The first-order valence-corrected chi connectivity index (χ1v) is 9.24. The van der Waals surface area contributed by atoms with Crippen LogP contribution >= 0.6 is 11.8 Å². The highest BCUT2D eigenvalue weighted by molar-refractivity contribution is 7.99. The third-order valence-electron chi connectivity index (χ3n) is 4.36. The number of rotatable bonds is 6. The summed E-state index contributed by atoms with van der Waals surface area (Å²) in [6.07, 6.45) is 2.38. The van der Waals surface area contributed by atoms with Crippen LogP contribution in [-0.2, 0) is 11.3 Å². The van der Waals surface area contributed by atoms with Gasteiger partial charge in [0.05, 0.1) is 11.9 Å². The van der Waals surface area contributed by atoms with E-state index in [2.05, 4.69) is 14.5 Å². The maximum atomic E-state index is 12.6. The van der Waals surface area contributed by atoms with Gasteiger partial charge in [0, 0.05) is 36.2 Å². The average Bonchev–Trinajstić information content (AvgIpc) is 3.15. The number of nitrogens with one attached hydrogen (secondary N) is 1.